The molecule has 0 aromatic heterocycles. The summed E-state index contributed by atoms with van der Waals surface area (Å²) in [6.45, 7) is 2.08. The van der Waals surface area contributed by atoms with Crippen LogP contribution in [-0.2, 0) is 10.0 Å². The van der Waals surface area contributed by atoms with Crippen molar-refractivity contribution >= 4 is 15.7 Å². The normalized spacial score (nSPS) is 18.9. The van der Waals surface area contributed by atoms with Crippen molar-refractivity contribution in [3.05, 3.63) is 22.2 Å². The molecular weight excluding hydrogens is 350 g/mol. The Balaban J connectivity index is 1.93. The van der Waals surface area contributed by atoms with E-state index in [4.69, 9.17) is 9.47 Å². The number of nitrogens with zero attached hydrogens (tertiary/aromatic N) is 2. The van der Waals surface area contributed by atoms with Gasteiger partial charge in [-0.15, -0.1) is 0 Å². The van der Waals surface area contributed by atoms with Crippen molar-refractivity contribution in [1.82, 2.24) is 9.62 Å². The SMILES string of the molecule is CNCC1CCN(S(=O)(=O)c2cc3c(cc2[N+](=O)[O-])OCCO3)CC1. The molecule has 2 aliphatic rings. The number of nitro groups is 1. The van der Waals surface area contributed by atoms with Gasteiger partial charge in [0.25, 0.3) is 5.69 Å². The summed E-state index contributed by atoms with van der Waals surface area (Å²) < 4.78 is 38.0. The van der Waals surface area contributed by atoms with Gasteiger partial charge in [-0.05, 0) is 32.4 Å². The van der Waals surface area contributed by atoms with Crippen LogP contribution in [0.1, 0.15) is 12.8 Å². The predicted molar refractivity (Wildman–Crippen MR) is 89.5 cm³/mol. The fraction of sp³-hybridized carbons (Fsp3) is 0.600. The fourth-order valence-electron chi connectivity index (χ4n) is 3.19. The molecule has 10 heteroatoms. The van der Waals surface area contributed by atoms with Crippen LogP contribution in [-0.4, -0.2) is 57.5 Å². The van der Waals surface area contributed by atoms with Gasteiger partial charge < -0.3 is 14.8 Å². The van der Waals surface area contributed by atoms with Crippen LogP contribution in [0.2, 0.25) is 0 Å². The number of nitro benzene ring substituents is 1. The van der Waals surface area contributed by atoms with E-state index in [1.54, 1.807) is 0 Å². The summed E-state index contributed by atoms with van der Waals surface area (Å²) in [6, 6.07) is 2.34. The Hall–Kier alpha value is -1.91. The quantitative estimate of drug-likeness (QED) is 0.607. The highest BCUT2D eigenvalue weighted by Crippen LogP contribution is 2.40. The van der Waals surface area contributed by atoms with Crippen LogP contribution in [0.15, 0.2) is 17.0 Å². The van der Waals surface area contributed by atoms with Crippen LogP contribution in [0.3, 0.4) is 0 Å². The molecule has 1 fully saturated rings. The molecule has 1 N–H and O–H groups in total. The molecule has 0 unspecified atom stereocenters. The Labute approximate surface area is 146 Å². The molecule has 0 spiro atoms. The zero-order chi connectivity index (χ0) is 18.0. The van der Waals surface area contributed by atoms with E-state index in [1.165, 1.54) is 10.4 Å². The van der Waals surface area contributed by atoms with E-state index in [2.05, 4.69) is 5.32 Å². The predicted octanol–water partition coefficient (Wildman–Crippen LogP) is 0.986. The molecule has 0 aliphatic carbocycles. The second-order valence-corrected chi connectivity index (χ2v) is 8.03. The molecule has 0 bridgehead atoms. The molecule has 0 atom stereocenters. The minimum atomic E-state index is -3.97. The molecule has 3 rings (SSSR count). The van der Waals surface area contributed by atoms with Gasteiger partial charge in [-0.3, -0.25) is 10.1 Å². The van der Waals surface area contributed by atoms with E-state index in [1.807, 2.05) is 7.05 Å². The lowest BCUT2D eigenvalue weighted by Gasteiger charge is -2.31. The second kappa shape index (κ2) is 7.14. The van der Waals surface area contributed by atoms with Gasteiger partial charge in [-0.1, -0.05) is 0 Å². The topological polar surface area (TPSA) is 111 Å². The van der Waals surface area contributed by atoms with Crippen LogP contribution in [0.25, 0.3) is 0 Å². The first kappa shape index (κ1) is 17.9. The average molecular weight is 371 g/mol. The molecule has 1 saturated heterocycles. The highest BCUT2D eigenvalue weighted by atomic mass is 32.2. The van der Waals surface area contributed by atoms with Crippen molar-refractivity contribution in [2.45, 2.75) is 17.7 Å². The molecule has 1 aromatic rings. The van der Waals surface area contributed by atoms with Crippen LogP contribution < -0.4 is 14.8 Å². The molecule has 0 amide bonds. The lowest BCUT2D eigenvalue weighted by Crippen LogP contribution is -2.40. The Kier molecular flexibility index (Phi) is 5.11. The van der Waals surface area contributed by atoms with Crippen LogP contribution in [0.5, 0.6) is 11.5 Å². The number of hydrogen-bond acceptors (Lipinski definition) is 7. The first-order valence-corrected chi connectivity index (χ1v) is 9.60. The summed E-state index contributed by atoms with van der Waals surface area (Å²) in [5, 5.41) is 14.5. The van der Waals surface area contributed by atoms with Crippen molar-refractivity contribution in [1.29, 1.82) is 0 Å². The number of fused-ring (bicyclic) bond motifs is 1. The standard InChI is InChI=1S/C15H21N3O6S/c1-16-10-11-2-4-17(5-3-11)25(21,22)15-9-14-13(23-6-7-24-14)8-12(15)18(19)20/h8-9,11,16H,2-7,10H2,1H3. The second-order valence-electron chi connectivity index (χ2n) is 6.13. The number of piperidine rings is 1. The van der Waals surface area contributed by atoms with E-state index in [-0.39, 0.29) is 29.6 Å². The van der Waals surface area contributed by atoms with Crippen LogP contribution >= 0.6 is 0 Å². The van der Waals surface area contributed by atoms with E-state index < -0.39 is 20.6 Å². The number of nitrogens with one attached hydrogen (secondary N) is 1. The molecule has 138 valence electrons. The van der Waals surface area contributed by atoms with Crippen LogP contribution in [0.4, 0.5) is 5.69 Å². The first-order chi connectivity index (χ1) is 11.9. The summed E-state index contributed by atoms with van der Waals surface area (Å²) in [7, 11) is -2.11. The number of rotatable bonds is 5. The van der Waals surface area contributed by atoms with Crippen LogP contribution in [0, 0.1) is 16.0 Å². The Morgan fingerprint density at radius 3 is 2.40 bits per heavy atom. The Morgan fingerprint density at radius 2 is 1.84 bits per heavy atom. The third-order valence-electron chi connectivity index (χ3n) is 4.50. The lowest BCUT2D eigenvalue weighted by molar-refractivity contribution is -0.388. The van der Waals surface area contributed by atoms with Gasteiger partial charge in [0.05, 0.1) is 11.0 Å². The average Bonchev–Trinajstić information content (AvgIpc) is 2.61. The van der Waals surface area contributed by atoms with Gasteiger partial charge in [-0.2, -0.15) is 4.31 Å². The maximum Gasteiger partial charge on any atom is 0.293 e. The zero-order valence-corrected chi connectivity index (χ0v) is 14.8. The summed E-state index contributed by atoms with van der Waals surface area (Å²) in [6.07, 6.45) is 1.44. The minimum Gasteiger partial charge on any atom is -0.486 e. The summed E-state index contributed by atoms with van der Waals surface area (Å²) in [5.74, 6) is 0.830. The maximum atomic E-state index is 13.0. The van der Waals surface area contributed by atoms with Gasteiger partial charge in [0.15, 0.2) is 16.4 Å². The monoisotopic (exact) mass is 371 g/mol. The molecular formula is C15H21N3O6S. The molecule has 0 radical (unpaired) electrons. The Morgan fingerprint density at radius 1 is 1.24 bits per heavy atom. The Bertz CT molecular complexity index is 759. The van der Waals surface area contributed by atoms with Gasteiger partial charge in [0, 0.05) is 19.2 Å². The molecule has 2 aliphatic heterocycles. The first-order valence-electron chi connectivity index (χ1n) is 8.16. The van der Waals surface area contributed by atoms with Crippen molar-refractivity contribution in [3.63, 3.8) is 0 Å². The van der Waals surface area contributed by atoms with E-state index in [0.29, 0.717) is 19.0 Å². The van der Waals surface area contributed by atoms with Gasteiger partial charge in [0.2, 0.25) is 10.0 Å². The maximum absolute atomic E-state index is 13.0. The zero-order valence-electron chi connectivity index (χ0n) is 13.9. The highest BCUT2D eigenvalue weighted by molar-refractivity contribution is 7.89. The molecule has 1 aromatic carbocycles. The third-order valence-corrected chi connectivity index (χ3v) is 6.43. The van der Waals surface area contributed by atoms with E-state index >= 15 is 0 Å². The van der Waals surface area contributed by atoms with E-state index in [9.17, 15) is 18.5 Å². The summed E-state index contributed by atoms with van der Waals surface area (Å²) >= 11 is 0. The van der Waals surface area contributed by atoms with Crippen molar-refractivity contribution < 1.29 is 22.8 Å². The smallest absolute Gasteiger partial charge is 0.293 e. The number of sulfonamides is 1. The van der Waals surface area contributed by atoms with Crippen molar-refractivity contribution in [3.8, 4) is 11.5 Å². The largest absolute Gasteiger partial charge is 0.486 e. The third kappa shape index (κ3) is 3.55. The number of ether oxygens (including phenoxy) is 2. The van der Waals surface area contributed by atoms with Crippen molar-refractivity contribution in [2.24, 2.45) is 5.92 Å². The molecule has 25 heavy (non-hydrogen) atoms. The molecule has 2 heterocycles. The van der Waals surface area contributed by atoms with Gasteiger partial charge >= 0.3 is 0 Å². The summed E-state index contributed by atoms with van der Waals surface area (Å²) in [4.78, 5) is 10.4. The molecule has 9 nitrogen and oxygen atoms in total. The minimum absolute atomic E-state index is 0.199. The van der Waals surface area contributed by atoms with Gasteiger partial charge in [-0.25, -0.2) is 8.42 Å². The highest BCUT2D eigenvalue weighted by Gasteiger charge is 2.36. The fourth-order valence-corrected chi connectivity index (χ4v) is 4.81. The number of hydrogen-bond donors (Lipinski definition) is 1. The van der Waals surface area contributed by atoms with Gasteiger partial charge in [0.1, 0.15) is 13.2 Å². The lowest BCUT2D eigenvalue weighted by atomic mass is 9.98. The molecule has 0 saturated carbocycles. The van der Waals surface area contributed by atoms with Crippen molar-refractivity contribution in [2.75, 3.05) is 39.9 Å². The summed E-state index contributed by atoms with van der Waals surface area (Å²) in [5.41, 5.74) is -0.485. The number of benzene rings is 1. The van der Waals surface area contributed by atoms with E-state index in [0.717, 1.165) is 25.5 Å².